The molecule has 2 aliphatic rings. The standard InChI is InChI=1S/C16H22N2O2/c19-16(20-12-13-4-2-1-3-5-13)18(15-6-7-15)11-14-8-9-17-10-14/h1-5,14-15,17H,6-12H2. The van der Waals surface area contributed by atoms with Crippen LogP contribution in [0.2, 0.25) is 0 Å². The van der Waals surface area contributed by atoms with Gasteiger partial charge in [-0.3, -0.25) is 0 Å². The van der Waals surface area contributed by atoms with E-state index in [0.29, 0.717) is 18.6 Å². The van der Waals surface area contributed by atoms with E-state index in [1.54, 1.807) is 0 Å². The first-order valence-corrected chi connectivity index (χ1v) is 7.51. The zero-order chi connectivity index (χ0) is 13.8. The Hall–Kier alpha value is -1.55. The molecule has 1 aromatic rings. The molecular weight excluding hydrogens is 252 g/mol. The van der Waals surface area contributed by atoms with Crippen LogP contribution in [-0.2, 0) is 11.3 Å². The van der Waals surface area contributed by atoms with Crippen LogP contribution in [0.3, 0.4) is 0 Å². The molecule has 1 N–H and O–H groups in total. The van der Waals surface area contributed by atoms with Crippen LogP contribution in [0, 0.1) is 5.92 Å². The molecule has 0 radical (unpaired) electrons. The van der Waals surface area contributed by atoms with Crippen LogP contribution in [0.15, 0.2) is 30.3 Å². The number of nitrogens with one attached hydrogen (secondary N) is 1. The van der Waals surface area contributed by atoms with E-state index in [1.165, 1.54) is 0 Å². The lowest BCUT2D eigenvalue weighted by molar-refractivity contribution is 0.0883. The number of amides is 1. The van der Waals surface area contributed by atoms with Crippen molar-refractivity contribution in [2.75, 3.05) is 19.6 Å². The normalized spacial score (nSPS) is 21.7. The molecule has 4 heteroatoms. The van der Waals surface area contributed by atoms with Crippen molar-refractivity contribution in [3.63, 3.8) is 0 Å². The van der Waals surface area contributed by atoms with E-state index in [2.05, 4.69) is 5.32 Å². The van der Waals surface area contributed by atoms with Gasteiger partial charge in [0.15, 0.2) is 0 Å². The molecule has 2 fully saturated rings. The molecule has 0 aromatic heterocycles. The molecule has 1 saturated heterocycles. The maximum absolute atomic E-state index is 12.3. The van der Waals surface area contributed by atoms with Crippen LogP contribution in [0.5, 0.6) is 0 Å². The molecule has 1 atom stereocenters. The highest BCUT2D eigenvalue weighted by atomic mass is 16.6. The highest BCUT2D eigenvalue weighted by Crippen LogP contribution is 2.29. The van der Waals surface area contributed by atoms with Crippen LogP contribution >= 0.6 is 0 Å². The van der Waals surface area contributed by atoms with Crippen LogP contribution in [0.4, 0.5) is 4.79 Å². The Bertz CT molecular complexity index is 439. The van der Waals surface area contributed by atoms with Gasteiger partial charge >= 0.3 is 6.09 Å². The predicted molar refractivity (Wildman–Crippen MR) is 77.3 cm³/mol. The zero-order valence-electron chi connectivity index (χ0n) is 11.8. The number of hydrogen-bond acceptors (Lipinski definition) is 3. The van der Waals surface area contributed by atoms with Gasteiger partial charge in [-0.2, -0.15) is 0 Å². The Kier molecular flexibility index (Phi) is 4.21. The zero-order valence-corrected chi connectivity index (χ0v) is 11.8. The summed E-state index contributed by atoms with van der Waals surface area (Å²) in [5.41, 5.74) is 1.04. The van der Waals surface area contributed by atoms with Gasteiger partial charge in [-0.05, 0) is 43.8 Å². The lowest BCUT2D eigenvalue weighted by Crippen LogP contribution is -2.38. The Labute approximate surface area is 120 Å². The fourth-order valence-corrected chi connectivity index (χ4v) is 2.71. The molecule has 108 valence electrons. The SMILES string of the molecule is O=C(OCc1ccccc1)N(CC1CCNC1)C1CC1. The Morgan fingerprint density at radius 3 is 2.70 bits per heavy atom. The van der Waals surface area contributed by atoms with Crippen molar-refractivity contribution in [1.82, 2.24) is 10.2 Å². The lowest BCUT2D eigenvalue weighted by Gasteiger charge is -2.24. The maximum Gasteiger partial charge on any atom is 0.410 e. The van der Waals surface area contributed by atoms with Gasteiger partial charge in [0.25, 0.3) is 0 Å². The monoisotopic (exact) mass is 274 g/mol. The van der Waals surface area contributed by atoms with Crippen molar-refractivity contribution in [2.24, 2.45) is 5.92 Å². The van der Waals surface area contributed by atoms with Gasteiger partial charge in [-0.1, -0.05) is 30.3 Å². The summed E-state index contributed by atoms with van der Waals surface area (Å²) >= 11 is 0. The summed E-state index contributed by atoms with van der Waals surface area (Å²) in [5, 5.41) is 3.36. The number of benzene rings is 1. The van der Waals surface area contributed by atoms with Gasteiger partial charge < -0.3 is 15.0 Å². The van der Waals surface area contributed by atoms with Crippen molar-refractivity contribution >= 4 is 6.09 Å². The van der Waals surface area contributed by atoms with Crippen LogP contribution in [0.1, 0.15) is 24.8 Å². The van der Waals surface area contributed by atoms with Crippen molar-refractivity contribution in [2.45, 2.75) is 31.9 Å². The van der Waals surface area contributed by atoms with Crippen LogP contribution in [-0.4, -0.2) is 36.7 Å². The molecule has 3 rings (SSSR count). The number of carbonyl (C=O) groups is 1. The second kappa shape index (κ2) is 6.27. The Morgan fingerprint density at radius 2 is 2.05 bits per heavy atom. The van der Waals surface area contributed by atoms with Gasteiger partial charge in [-0.25, -0.2) is 4.79 Å². The van der Waals surface area contributed by atoms with Crippen molar-refractivity contribution < 1.29 is 9.53 Å². The number of carbonyl (C=O) groups excluding carboxylic acids is 1. The van der Waals surface area contributed by atoms with Crippen LogP contribution in [0.25, 0.3) is 0 Å². The molecule has 1 aromatic carbocycles. The molecule has 1 saturated carbocycles. The summed E-state index contributed by atoms with van der Waals surface area (Å²) in [5.74, 6) is 0.583. The number of ether oxygens (including phenoxy) is 1. The minimum atomic E-state index is -0.150. The van der Waals surface area contributed by atoms with Crippen molar-refractivity contribution in [3.8, 4) is 0 Å². The third kappa shape index (κ3) is 3.51. The van der Waals surface area contributed by atoms with Gasteiger partial charge in [0.1, 0.15) is 6.61 Å². The van der Waals surface area contributed by atoms with Crippen molar-refractivity contribution in [1.29, 1.82) is 0 Å². The van der Waals surface area contributed by atoms with E-state index in [-0.39, 0.29) is 6.09 Å². The third-order valence-electron chi connectivity index (χ3n) is 4.04. The number of rotatable bonds is 5. The molecule has 1 aliphatic carbocycles. The first-order valence-electron chi connectivity index (χ1n) is 7.51. The largest absolute Gasteiger partial charge is 0.445 e. The van der Waals surface area contributed by atoms with Gasteiger partial charge in [0.2, 0.25) is 0 Å². The van der Waals surface area contributed by atoms with E-state index in [9.17, 15) is 4.79 Å². The molecule has 1 aliphatic heterocycles. The molecule has 1 unspecified atom stereocenters. The molecule has 0 bridgehead atoms. The topological polar surface area (TPSA) is 41.6 Å². The second-order valence-corrected chi connectivity index (χ2v) is 5.78. The summed E-state index contributed by atoms with van der Waals surface area (Å²) in [6.07, 6.45) is 3.26. The smallest absolute Gasteiger partial charge is 0.410 e. The first kappa shape index (κ1) is 13.4. The quantitative estimate of drug-likeness (QED) is 0.896. The minimum Gasteiger partial charge on any atom is -0.445 e. The first-order chi connectivity index (χ1) is 9.83. The summed E-state index contributed by atoms with van der Waals surface area (Å²) in [6, 6.07) is 10.3. The van der Waals surface area contributed by atoms with E-state index >= 15 is 0 Å². The van der Waals surface area contributed by atoms with Crippen molar-refractivity contribution in [3.05, 3.63) is 35.9 Å². The Balaban J connectivity index is 1.52. The fourth-order valence-electron chi connectivity index (χ4n) is 2.71. The number of hydrogen-bond donors (Lipinski definition) is 1. The molecule has 0 spiro atoms. The van der Waals surface area contributed by atoms with E-state index in [1.807, 2.05) is 35.2 Å². The molecule has 1 amide bonds. The average molecular weight is 274 g/mol. The van der Waals surface area contributed by atoms with Gasteiger partial charge in [0.05, 0.1) is 0 Å². The predicted octanol–water partition coefficient (Wildman–Crippen LogP) is 2.40. The van der Waals surface area contributed by atoms with E-state index in [0.717, 1.165) is 44.5 Å². The van der Waals surface area contributed by atoms with Crippen LogP contribution < -0.4 is 5.32 Å². The average Bonchev–Trinajstić information content (AvgIpc) is 3.20. The summed E-state index contributed by atoms with van der Waals surface area (Å²) < 4.78 is 5.47. The van der Waals surface area contributed by atoms with Gasteiger partial charge in [0, 0.05) is 12.6 Å². The minimum absolute atomic E-state index is 0.150. The molecule has 20 heavy (non-hydrogen) atoms. The van der Waals surface area contributed by atoms with E-state index < -0.39 is 0 Å². The lowest BCUT2D eigenvalue weighted by atomic mass is 10.1. The Morgan fingerprint density at radius 1 is 1.25 bits per heavy atom. The summed E-state index contributed by atoms with van der Waals surface area (Å²) in [7, 11) is 0. The molecule has 4 nitrogen and oxygen atoms in total. The van der Waals surface area contributed by atoms with E-state index in [4.69, 9.17) is 4.74 Å². The van der Waals surface area contributed by atoms with Gasteiger partial charge in [-0.15, -0.1) is 0 Å². The summed E-state index contributed by atoms with van der Waals surface area (Å²) in [6.45, 7) is 3.30. The molecular formula is C16H22N2O2. The highest BCUT2D eigenvalue weighted by Gasteiger charge is 2.35. The highest BCUT2D eigenvalue weighted by molar-refractivity contribution is 5.68. The third-order valence-corrected chi connectivity index (χ3v) is 4.04. The fraction of sp³-hybridized carbons (Fsp3) is 0.562. The number of nitrogens with zero attached hydrogens (tertiary/aromatic N) is 1. The maximum atomic E-state index is 12.3. The summed E-state index contributed by atoms with van der Waals surface area (Å²) in [4.78, 5) is 14.2. The molecule has 1 heterocycles. The second-order valence-electron chi connectivity index (χ2n) is 5.78.